The zero-order valence-electron chi connectivity index (χ0n) is 14.9. The molecule has 1 atom stereocenters. The Morgan fingerprint density at radius 3 is 2.62 bits per heavy atom. The lowest BCUT2D eigenvalue weighted by molar-refractivity contribution is -0.143. The van der Waals surface area contributed by atoms with Crippen LogP contribution in [0.4, 0.5) is 13.2 Å². The first-order chi connectivity index (χ1) is 10.7. The van der Waals surface area contributed by atoms with Crippen LogP contribution in [0.25, 0.3) is 0 Å². The van der Waals surface area contributed by atoms with Crippen LogP contribution in [0.15, 0.2) is 4.99 Å². The average molecular weight is 482 g/mol. The molecule has 0 amide bonds. The molecule has 1 rings (SSSR count). The molecule has 1 aliphatic heterocycles. The standard InChI is InChI=1S/C15H29F3N4S.HI/c1-12(2)13-10-22(8-9-23-13)14(19-3)20-6-5-7-21(4)11-15(16,17)18;/h12-13H,5-11H2,1-4H3,(H,19,20);1H. The van der Waals surface area contributed by atoms with Crippen LogP contribution in [0.5, 0.6) is 0 Å². The maximum Gasteiger partial charge on any atom is 0.401 e. The molecule has 1 heterocycles. The van der Waals surface area contributed by atoms with Gasteiger partial charge in [0, 0.05) is 37.7 Å². The molecule has 0 spiro atoms. The lowest BCUT2D eigenvalue weighted by Gasteiger charge is -2.36. The number of aliphatic imine (C=N–C) groups is 1. The zero-order valence-corrected chi connectivity index (χ0v) is 18.0. The summed E-state index contributed by atoms with van der Waals surface area (Å²) in [6.07, 6.45) is -3.47. The molecule has 9 heteroatoms. The molecule has 24 heavy (non-hydrogen) atoms. The fourth-order valence-corrected chi connectivity index (χ4v) is 3.84. The van der Waals surface area contributed by atoms with E-state index in [0.717, 1.165) is 24.8 Å². The van der Waals surface area contributed by atoms with E-state index in [1.165, 1.54) is 11.9 Å². The van der Waals surface area contributed by atoms with Crippen molar-refractivity contribution in [3.63, 3.8) is 0 Å². The molecule has 0 bridgehead atoms. The van der Waals surface area contributed by atoms with Crippen molar-refractivity contribution in [1.82, 2.24) is 15.1 Å². The van der Waals surface area contributed by atoms with Crippen LogP contribution >= 0.6 is 35.7 Å². The summed E-state index contributed by atoms with van der Waals surface area (Å²) in [7, 11) is 3.25. The Balaban J connectivity index is 0.00000529. The van der Waals surface area contributed by atoms with E-state index >= 15 is 0 Å². The molecule has 1 N–H and O–H groups in total. The van der Waals surface area contributed by atoms with Gasteiger partial charge in [0.05, 0.1) is 6.54 Å². The second-order valence-electron chi connectivity index (χ2n) is 6.28. The highest BCUT2D eigenvalue weighted by Gasteiger charge is 2.29. The van der Waals surface area contributed by atoms with Gasteiger partial charge in [0.25, 0.3) is 0 Å². The number of nitrogens with one attached hydrogen (secondary N) is 1. The van der Waals surface area contributed by atoms with E-state index in [1.54, 1.807) is 7.05 Å². The fourth-order valence-electron chi connectivity index (χ4n) is 2.54. The van der Waals surface area contributed by atoms with Crippen LogP contribution in [0.3, 0.4) is 0 Å². The quantitative estimate of drug-likeness (QED) is 0.273. The average Bonchev–Trinajstić information content (AvgIpc) is 2.45. The molecule has 0 aromatic rings. The predicted octanol–water partition coefficient (Wildman–Crippen LogP) is 3.14. The van der Waals surface area contributed by atoms with Crippen molar-refractivity contribution >= 4 is 41.7 Å². The Kier molecular flexibility index (Phi) is 11.7. The van der Waals surface area contributed by atoms with Crippen LogP contribution in [0.2, 0.25) is 0 Å². The molecule has 0 aliphatic carbocycles. The number of hydrogen-bond acceptors (Lipinski definition) is 3. The first-order valence-electron chi connectivity index (χ1n) is 8.05. The number of rotatable bonds is 6. The number of alkyl halides is 3. The van der Waals surface area contributed by atoms with Crippen LogP contribution < -0.4 is 5.32 Å². The molecule has 0 saturated carbocycles. The Morgan fingerprint density at radius 2 is 2.08 bits per heavy atom. The van der Waals surface area contributed by atoms with Crippen molar-refractivity contribution in [2.24, 2.45) is 10.9 Å². The van der Waals surface area contributed by atoms with Gasteiger partial charge in [-0.05, 0) is 25.9 Å². The van der Waals surface area contributed by atoms with Gasteiger partial charge in [-0.1, -0.05) is 13.8 Å². The highest BCUT2D eigenvalue weighted by molar-refractivity contribution is 14.0. The molecule has 0 aromatic heterocycles. The minimum atomic E-state index is -4.13. The maximum absolute atomic E-state index is 12.3. The molecule has 0 radical (unpaired) electrons. The number of thioether (sulfide) groups is 1. The molecule has 144 valence electrons. The minimum absolute atomic E-state index is 0. The number of nitrogens with zero attached hydrogens (tertiary/aromatic N) is 3. The summed E-state index contributed by atoms with van der Waals surface area (Å²) < 4.78 is 36.8. The van der Waals surface area contributed by atoms with Crippen molar-refractivity contribution in [3.8, 4) is 0 Å². The van der Waals surface area contributed by atoms with Crippen LogP contribution in [-0.2, 0) is 0 Å². The summed E-state index contributed by atoms with van der Waals surface area (Å²) in [5.41, 5.74) is 0. The number of guanidine groups is 1. The second kappa shape index (κ2) is 11.7. The van der Waals surface area contributed by atoms with Crippen LogP contribution in [-0.4, -0.2) is 79.8 Å². The smallest absolute Gasteiger partial charge is 0.356 e. The van der Waals surface area contributed by atoms with Gasteiger partial charge in [0.1, 0.15) is 0 Å². The van der Waals surface area contributed by atoms with Crippen LogP contribution in [0, 0.1) is 5.92 Å². The lowest BCUT2D eigenvalue weighted by Crippen LogP contribution is -2.49. The predicted molar refractivity (Wildman–Crippen MR) is 108 cm³/mol. The summed E-state index contributed by atoms with van der Waals surface area (Å²) >= 11 is 2.00. The molecule has 4 nitrogen and oxygen atoms in total. The summed E-state index contributed by atoms with van der Waals surface area (Å²) in [6, 6.07) is 0. The third kappa shape index (κ3) is 9.55. The monoisotopic (exact) mass is 482 g/mol. The Morgan fingerprint density at radius 1 is 1.42 bits per heavy atom. The largest absolute Gasteiger partial charge is 0.401 e. The van der Waals surface area contributed by atoms with Gasteiger partial charge in [0.2, 0.25) is 0 Å². The van der Waals surface area contributed by atoms with E-state index in [0.29, 0.717) is 30.7 Å². The fraction of sp³-hybridized carbons (Fsp3) is 0.933. The molecular weight excluding hydrogens is 452 g/mol. The summed E-state index contributed by atoms with van der Waals surface area (Å²) in [5.74, 6) is 2.56. The third-order valence-electron chi connectivity index (χ3n) is 3.80. The van der Waals surface area contributed by atoms with E-state index in [-0.39, 0.29) is 24.0 Å². The van der Waals surface area contributed by atoms with E-state index in [9.17, 15) is 13.2 Å². The highest BCUT2D eigenvalue weighted by Crippen LogP contribution is 2.24. The first-order valence-corrected chi connectivity index (χ1v) is 9.10. The number of hydrogen-bond donors (Lipinski definition) is 1. The minimum Gasteiger partial charge on any atom is -0.356 e. The van der Waals surface area contributed by atoms with Crippen molar-refractivity contribution in [2.75, 3.05) is 52.6 Å². The third-order valence-corrected chi connectivity index (χ3v) is 5.34. The van der Waals surface area contributed by atoms with E-state index < -0.39 is 12.7 Å². The van der Waals surface area contributed by atoms with Crippen molar-refractivity contribution in [3.05, 3.63) is 0 Å². The zero-order chi connectivity index (χ0) is 17.5. The second-order valence-corrected chi connectivity index (χ2v) is 7.63. The SMILES string of the molecule is CN=C(NCCCN(C)CC(F)(F)F)N1CCSC(C(C)C)C1.I. The van der Waals surface area contributed by atoms with Gasteiger partial charge in [-0.3, -0.25) is 9.89 Å². The molecule has 0 aromatic carbocycles. The molecule has 1 aliphatic rings. The maximum atomic E-state index is 12.3. The Hall–Kier alpha value is 0.1000. The topological polar surface area (TPSA) is 30.9 Å². The molecule has 1 unspecified atom stereocenters. The van der Waals surface area contributed by atoms with Crippen molar-refractivity contribution in [2.45, 2.75) is 31.7 Å². The van der Waals surface area contributed by atoms with E-state index in [1.807, 2.05) is 11.8 Å². The van der Waals surface area contributed by atoms with Gasteiger partial charge < -0.3 is 10.2 Å². The molecular formula is C15H30F3IN4S. The van der Waals surface area contributed by atoms with Crippen molar-refractivity contribution in [1.29, 1.82) is 0 Å². The molecule has 1 fully saturated rings. The van der Waals surface area contributed by atoms with Gasteiger partial charge in [0.15, 0.2) is 5.96 Å². The van der Waals surface area contributed by atoms with Crippen LogP contribution in [0.1, 0.15) is 20.3 Å². The number of halogens is 4. The Bertz CT molecular complexity index is 380. The molecule has 1 saturated heterocycles. The first kappa shape index (κ1) is 24.1. The summed E-state index contributed by atoms with van der Waals surface area (Å²) in [4.78, 5) is 7.86. The van der Waals surface area contributed by atoms with Gasteiger partial charge in [-0.2, -0.15) is 24.9 Å². The summed E-state index contributed by atoms with van der Waals surface area (Å²) in [6.45, 7) is 6.57. The van der Waals surface area contributed by atoms with Gasteiger partial charge >= 0.3 is 6.18 Å². The van der Waals surface area contributed by atoms with E-state index in [2.05, 4.69) is 29.1 Å². The van der Waals surface area contributed by atoms with Gasteiger partial charge in [-0.15, -0.1) is 24.0 Å². The van der Waals surface area contributed by atoms with E-state index in [4.69, 9.17) is 0 Å². The summed E-state index contributed by atoms with van der Waals surface area (Å²) in [5, 5.41) is 3.87. The normalized spacial score (nSPS) is 19.6. The van der Waals surface area contributed by atoms with Gasteiger partial charge in [-0.25, -0.2) is 0 Å². The Labute approximate surface area is 165 Å². The van der Waals surface area contributed by atoms with Crippen molar-refractivity contribution < 1.29 is 13.2 Å². The lowest BCUT2D eigenvalue weighted by atomic mass is 10.1. The highest BCUT2D eigenvalue weighted by atomic mass is 127.